The summed E-state index contributed by atoms with van der Waals surface area (Å²) in [4.78, 5) is 22.1. The lowest BCUT2D eigenvalue weighted by Gasteiger charge is -2.21. The summed E-state index contributed by atoms with van der Waals surface area (Å²) < 4.78 is 10.7. The molecule has 8 nitrogen and oxygen atoms in total. The fraction of sp³-hybridized carbons (Fsp3) is 0.375. The highest BCUT2D eigenvalue weighted by Crippen LogP contribution is 2.27. The Morgan fingerprint density at radius 1 is 1.35 bits per heavy atom. The summed E-state index contributed by atoms with van der Waals surface area (Å²) in [6, 6.07) is 11.4. The highest BCUT2D eigenvalue weighted by Gasteiger charge is 2.22. The Labute approximate surface area is 237 Å². The zero-order valence-electron chi connectivity index (χ0n) is 24.3. The van der Waals surface area contributed by atoms with Crippen LogP contribution >= 0.6 is 0 Å². The van der Waals surface area contributed by atoms with Gasteiger partial charge in [0.2, 0.25) is 0 Å². The number of methoxy groups -OCH3 is 1. The van der Waals surface area contributed by atoms with Crippen molar-refractivity contribution in [2.45, 2.75) is 53.1 Å². The molecule has 0 radical (unpaired) electrons. The number of carbonyl (C=O) groups excluding carboxylic acids is 1. The van der Waals surface area contributed by atoms with Crippen LogP contribution in [0.15, 0.2) is 53.4 Å². The average molecular weight is 544 g/mol. The number of pyridine rings is 1. The molecule has 3 rings (SSSR count). The van der Waals surface area contributed by atoms with Crippen LogP contribution in [0.25, 0.3) is 17.7 Å². The third-order valence-corrected chi connectivity index (χ3v) is 6.19. The average Bonchev–Trinajstić information content (AvgIpc) is 3.00. The topological polar surface area (TPSA) is 123 Å². The van der Waals surface area contributed by atoms with Gasteiger partial charge in [-0.25, -0.2) is 4.98 Å². The van der Waals surface area contributed by atoms with E-state index in [4.69, 9.17) is 20.2 Å². The van der Waals surface area contributed by atoms with Crippen molar-refractivity contribution in [1.82, 2.24) is 10.3 Å². The van der Waals surface area contributed by atoms with Crippen molar-refractivity contribution < 1.29 is 14.3 Å². The van der Waals surface area contributed by atoms with Crippen LogP contribution < -0.4 is 21.6 Å². The minimum atomic E-state index is -0.375. The maximum Gasteiger partial charge on any atom is 0.251 e. The van der Waals surface area contributed by atoms with Gasteiger partial charge in [-0.1, -0.05) is 52.0 Å². The molecule has 1 unspecified atom stereocenters. The lowest BCUT2D eigenvalue weighted by atomic mass is 9.92. The summed E-state index contributed by atoms with van der Waals surface area (Å²) in [6.45, 7) is 13.9. The van der Waals surface area contributed by atoms with E-state index in [2.05, 4.69) is 29.9 Å². The molecule has 212 valence electrons. The van der Waals surface area contributed by atoms with Crippen molar-refractivity contribution in [1.29, 1.82) is 5.26 Å². The first-order chi connectivity index (χ1) is 19.4. The highest BCUT2D eigenvalue weighted by molar-refractivity contribution is 6.09. The largest absolute Gasteiger partial charge is 0.482 e. The van der Waals surface area contributed by atoms with E-state index in [0.29, 0.717) is 47.5 Å². The molecule has 0 saturated heterocycles. The number of amides is 1. The number of nitriles is 1. The van der Waals surface area contributed by atoms with Gasteiger partial charge in [0.25, 0.3) is 5.91 Å². The van der Waals surface area contributed by atoms with E-state index in [-0.39, 0.29) is 24.3 Å². The Hall–Kier alpha value is -4.22. The molecule has 1 aliphatic rings. The maximum atomic E-state index is 12.9. The van der Waals surface area contributed by atoms with Gasteiger partial charge in [-0.2, -0.15) is 5.26 Å². The molecule has 1 aromatic heterocycles. The molecule has 0 bridgehead atoms. The first-order valence-corrected chi connectivity index (χ1v) is 13.7. The van der Waals surface area contributed by atoms with E-state index >= 15 is 0 Å². The molecule has 1 aromatic carbocycles. The van der Waals surface area contributed by atoms with Crippen molar-refractivity contribution >= 4 is 29.8 Å². The monoisotopic (exact) mass is 543 g/mol. The van der Waals surface area contributed by atoms with Crippen LogP contribution in [-0.4, -0.2) is 43.9 Å². The molecule has 1 aliphatic heterocycles. The first-order valence-electron chi connectivity index (χ1n) is 13.7. The quantitative estimate of drug-likeness (QED) is 0.266. The Morgan fingerprint density at radius 3 is 2.80 bits per heavy atom. The molecule has 0 saturated carbocycles. The normalized spacial score (nSPS) is 15.8. The molecular weight excluding hydrogens is 502 g/mol. The van der Waals surface area contributed by atoms with Crippen LogP contribution in [0, 0.1) is 11.3 Å². The molecule has 2 aromatic rings. The van der Waals surface area contributed by atoms with Crippen LogP contribution in [0.1, 0.15) is 73.6 Å². The number of nitrogens with one attached hydrogen (secondary N) is 1. The standard InChI is InChI=1S/C30H35N5O3.C2H6/c1-5-7-12-33-17-26(29(32)37-4)27-11-10-21(6-2)28(35-27)13-20(3)16-34-30(36)22-8-9-23-18-38-19-24(15-31)25(23)14-22;1-2/h6,8-11,13-14,17,24H,3,5,7,12,16,18-19,32H2,1-2,4H3,(H,34,36);1-2H3/b21-6-,28-13+,29-26-,33-17?;. The second-order valence-corrected chi connectivity index (χ2v) is 8.93. The van der Waals surface area contributed by atoms with Crippen LogP contribution in [0.4, 0.5) is 0 Å². The van der Waals surface area contributed by atoms with Gasteiger partial charge in [0.15, 0.2) is 5.88 Å². The van der Waals surface area contributed by atoms with E-state index in [1.807, 2.05) is 51.1 Å². The molecule has 0 spiro atoms. The highest BCUT2D eigenvalue weighted by atomic mass is 16.5. The maximum absolute atomic E-state index is 12.9. The summed E-state index contributed by atoms with van der Waals surface area (Å²) in [5.41, 5.74) is 10.3. The number of fused-ring (bicyclic) bond motifs is 1. The Balaban J connectivity index is 0.00000274. The molecule has 40 heavy (non-hydrogen) atoms. The number of unbranched alkanes of at least 4 members (excludes halogenated alkanes) is 1. The molecule has 2 heterocycles. The van der Waals surface area contributed by atoms with Crippen LogP contribution in [0.2, 0.25) is 0 Å². The van der Waals surface area contributed by atoms with Crippen molar-refractivity contribution in [2.24, 2.45) is 10.7 Å². The number of ether oxygens (including phenoxy) is 2. The summed E-state index contributed by atoms with van der Waals surface area (Å²) in [6.07, 6.45) is 7.53. The van der Waals surface area contributed by atoms with Crippen LogP contribution in [0.3, 0.4) is 0 Å². The smallest absolute Gasteiger partial charge is 0.251 e. The molecule has 0 aliphatic carbocycles. The summed E-state index contributed by atoms with van der Waals surface area (Å²) >= 11 is 0. The lowest BCUT2D eigenvalue weighted by molar-refractivity contribution is 0.0952. The van der Waals surface area contributed by atoms with Gasteiger partial charge in [-0.05, 0) is 59.5 Å². The Kier molecular flexibility index (Phi) is 13.3. The first kappa shape index (κ1) is 32.0. The fourth-order valence-electron chi connectivity index (χ4n) is 3.98. The number of nitrogens with zero attached hydrogens (tertiary/aromatic N) is 3. The predicted octanol–water partition coefficient (Wildman–Crippen LogP) is 3.96. The van der Waals surface area contributed by atoms with Crippen molar-refractivity contribution in [3.63, 3.8) is 0 Å². The van der Waals surface area contributed by atoms with Crippen LogP contribution in [0.5, 0.6) is 0 Å². The summed E-state index contributed by atoms with van der Waals surface area (Å²) in [5.74, 6) is -0.381. The molecule has 1 amide bonds. The number of benzene rings is 1. The molecule has 3 N–H and O–H groups in total. The molecule has 0 fully saturated rings. The van der Waals surface area contributed by atoms with Gasteiger partial charge in [-0.3, -0.25) is 9.79 Å². The SMILES string of the molecule is C=C(/C=c1/nc(/C(C=NCCCC)=C(/N)OC)cc/c1=C/C)CNC(=O)c1ccc2c(c1)C(C#N)COC2.CC. The number of carbonyl (C=O) groups is 1. The van der Waals surface area contributed by atoms with E-state index in [1.165, 1.54) is 7.11 Å². The van der Waals surface area contributed by atoms with E-state index in [0.717, 1.165) is 29.2 Å². The predicted molar refractivity (Wildman–Crippen MR) is 162 cm³/mol. The molecule has 1 atom stereocenters. The van der Waals surface area contributed by atoms with Gasteiger partial charge in [0.1, 0.15) is 0 Å². The number of aliphatic imine (C=N–C) groups is 1. The van der Waals surface area contributed by atoms with E-state index in [1.54, 1.807) is 18.3 Å². The fourth-order valence-corrected chi connectivity index (χ4v) is 3.98. The van der Waals surface area contributed by atoms with E-state index < -0.39 is 0 Å². The number of hydrogen-bond donors (Lipinski definition) is 2. The van der Waals surface area contributed by atoms with Crippen molar-refractivity contribution in [2.75, 3.05) is 26.8 Å². The Bertz CT molecular complexity index is 1400. The number of nitrogens with two attached hydrogens (primary N) is 1. The summed E-state index contributed by atoms with van der Waals surface area (Å²) in [5, 5.41) is 13.9. The number of hydrogen-bond acceptors (Lipinski definition) is 7. The second-order valence-electron chi connectivity index (χ2n) is 8.93. The van der Waals surface area contributed by atoms with Crippen LogP contribution in [-0.2, 0) is 16.1 Å². The minimum Gasteiger partial charge on any atom is -0.482 e. The van der Waals surface area contributed by atoms with Gasteiger partial charge >= 0.3 is 0 Å². The zero-order valence-corrected chi connectivity index (χ0v) is 24.3. The summed E-state index contributed by atoms with van der Waals surface area (Å²) in [7, 11) is 1.51. The molecular formula is C32H41N5O3. The third kappa shape index (κ3) is 8.65. The minimum absolute atomic E-state index is 0.233. The lowest BCUT2D eigenvalue weighted by Crippen LogP contribution is -2.31. The Morgan fingerprint density at radius 2 is 2.12 bits per heavy atom. The number of rotatable bonds is 10. The van der Waals surface area contributed by atoms with Gasteiger partial charge in [-0.15, -0.1) is 0 Å². The second kappa shape index (κ2) is 16.7. The number of aromatic nitrogens is 1. The zero-order chi connectivity index (χ0) is 29.5. The van der Waals surface area contributed by atoms with Gasteiger partial charge in [0.05, 0.1) is 48.9 Å². The third-order valence-electron chi connectivity index (χ3n) is 6.19. The van der Waals surface area contributed by atoms with Gasteiger partial charge in [0, 0.05) is 24.9 Å². The van der Waals surface area contributed by atoms with Crippen molar-refractivity contribution in [3.8, 4) is 6.07 Å². The van der Waals surface area contributed by atoms with Crippen molar-refractivity contribution in [3.05, 3.63) is 81.3 Å². The molecule has 8 heteroatoms. The number of allylic oxidation sites excluding steroid dienone is 1. The van der Waals surface area contributed by atoms with Gasteiger partial charge < -0.3 is 20.5 Å². The van der Waals surface area contributed by atoms with E-state index in [9.17, 15) is 10.1 Å².